The van der Waals surface area contributed by atoms with E-state index in [1.165, 1.54) is 0 Å². The highest BCUT2D eigenvalue weighted by Crippen LogP contribution is 2.48. The Morgan fingerprint density at radius 1 is 1.50 bits per heavy atom. The summed E-state index contributed by atoms with van der Waals surface area (Å²) in [6, 6.07) is 7.94. The third-order valence-corrected chi connectivity index (χ3v) is 3.89. The molecule has 0 aliphatic heterocycles. The lowest BCUT2D eigenvalue weighted by molar-refractivity contribution is 0.557. The molecule has 4 heteroatoms. The SMILES string of the molecule is N#CCC1(CNc2ccc(Cl)cc2Br)CC1. The Hall–Kier alpha value is -0.720. The van der Waals surface area contributed by atoms with Crippen LogP contribution in [-0.4, -0.2) is 6.54 Å². The maximum atomic E-state index is 8.73. The molecule has 0 atom stereocenters. The molecule has 0 spiro atoms. The molecule has 1 aliphatic rings. The van der Waals surface area contributed by atoms with E-state index in [2.05, 4.69) is 27.3 Å². The van der Waals surface area contributed by atoms with Crippen LogP contribution >= 0.6 is 27.5 Å². The van der Waals surface area contributed by atoms with E-state index in [4.69, 9.17) is 16.9 Å². The van der Waals surface area contributed by atoms with Crippen molar-refractivity contribution >= 4 is 33.2 Å². The minimum atomic E-state index is 0.216. The molecule has 1 fully saturated rings. The largest absolute Gasteiger partial charge is 0.384 e. The van der Waals surface area contributed by atoms with Crippen molar-refractivity contribution in [3.63, 3.8) is 0 Å². The van der Waals surface area contributed by atoms with Crippen molar-refractivity contribution in [1.29, 1.82) is 5.26 Å². The predicted molar refractivity (Wildman–Crippen MR) is 69.5 cm³/mol. The maximum Gasteiger partial charge on any atom is 0.0628 e. The molecule has 0 saturated heterocycles. The summed E-state index contributed by atoms with van der Waals surface area (Å²) in [6.07, 6.45) is 2.95. The van der Waals surface area contributed by atoms with Crippen molar-refractivity contribution in [2.75, 3.05) is 11.9 Å². The first-order valence-electron chi connectivity index (χ1n) is 5.21. The summed E-state index contributed by atoms with van der Waals surface area (Å²) >= 11 is 9.33. The third-order valence-electron chi connectivity index (χ3n) is 3.00. The fourth-order valence-corrected chi connectivity index (χ4v) is 2.50. The van der Waals surface area contributed by atoms with Crippen LogP contribution in [0.3, 0.4) is 0 Å². The maximum absolute atomic E-state index is 8.73. The average molecular weight is 300 g/mol. The second-order valence-electron chi connectivity index (χ2n) is 4.31. The van der Waals surface area contributed by atoms with Crippen LogP contribution in [0.1, 0.15) is 19.3 Å². The first-order chi connectivity index (χ1) is 7.65. The van der Waals surface area contributed by atoms with E-state index in [0.29, 0.717) is 6.42 Å². The molecule has 0 radical (unpaired) electrons. The standard InChI is InChI=1S/C12H12BrClN2/c13-10-7-9(14)1-2-11(10)16-8-12(3-4-12)5-6-15/h1-2,7,16H,3-5,8H2. The van der Waals surface area contributed by atoms with E-state index >= 15 is 0 Å². The van der Waals surface area contributed by atoms with Gasteiger partial charge in [0, 0.05) is 33.6 Å². The van der Waals surface area contributed by atoms with Gasteiger partial charge < -0.3 is 5.32 Å². The third kappa shape index (κ3) is 2.69. The number of anilines is 1. The van der Waals surface area contributed by atoms with Crippen LogP contribution < -0.4 is 5.32 Å². The molecule has 2 nitrogen and oxygen atoms in total. The van der Waals surface area contributed by atoms with Crippen molar-refractivity contribution in [3.8, 4) is 6.07 Å². The smallest absolute Gasteiger partial charge is 0.0628 e. The first-order valence-corrected chi connectivity index (χ1v) is 6.38. The molecule has 1 aromatic carbocycles. The van der Waals surface area contributed by atoms with E-state index in [1.54, 1.807) is 0 Å². The summed E-state index contributed by atoms with van der Waals surface area (Å²) in [6.45, 7) is 0.862. The summed E-state index contributed by atoms with van der Waals surface area (Å²) in [5.74, 6) is 0. The topological polar surface area (TPSA) is 35.8 Å². The monoisotopic (exact) mass is 298 g/mol. The van der Waals surface area contributed by atoms with Gasteiger partial charge in [0.15, 0.2) is 0 Å². The van der Waals surface area contributed by atoms with Crippen LogP contribution in [-0.2, 0) is 0 Å². The fraction of sp³-hybridized carbons (Fsp3) is 0.417. The molecule has 16 heavy (non-hydrogen) atoms. The number of rotatable bonds is 4. The van der Waals surface area contributed by atoms with Gasteiger partial charge in [0.25, 0.3) is 0 Å². The summed E-state index contributed by atoms with van der Waals surface area (Å²) in [5.41, 5.74) is 1.25. The molecule has 0 unspecified atom stereocenters. The predicted octanol–water partition coefficient (Wildman–Crippen LogP) is 4.21. The zero-order valence-electron chi connectivity index (χ0n) is 8.76. The van der Waals surface area contributed by atoms with Gasteiger partial charge in [-0.05, 0) is 47.0 Å². The second kappa shape index (κ2) is 4.65. The second-order valence-corrected chi connectivity index (χ2v) is 5.60. The van der Waals surface area contributed by atoms with Gasteiger partial charge in [-0.1, -0.05) is 11.6 Å². The molecule has 0 bridgehead atoms. The Balaban J connectivity index is 1.98. The average Bonchev–Trinajstić information content (AvgIpc) is 2.98. The van der Waals surface area contributed by atoms with Crippen LogP contribution in [0, 0.1) is 16.7 Å². The minimum Gasteiger partial charge on any atom is -0.384 e. The number of hydrogen-bond acceptors (Lipinski definition) is 2. The Morgan fingerprint density at radius 2 is 2.25 bits per heavy atom. The summed E-state index contributed by atoms with van der Waals surface area (Å²) in [5, 5.41) is 12.8. The Morgan fingerprint density at radius 3 is 2.81 bits per heavy atom. The lowest BCUT2D eigenvalue weighted by atomic mass is 10.0. The van der Waals surface area contributed by atoms with E-state index in [1.807, 2.05) is 18.2 Å². The van der Waals surface area contributed by atoms with Crippen LogP contribution in [0.15, 0.2) is 22.7 Å². The molecule has 84 valence electrons. The highest BCUT2D eigenvalue weighted by atomic mass is 79.9. The molecule has 1 N–H and O–H groups in total. The molecule has 1 aromatic rings. The van der Waals surface area contributed by atoms with E-state index < -0.39 is 0 Å². The molecular weight excluding hydrogens is 288 g/mol. The van der Waals surface area contributed by atoms with Gasteiger partial charge in [0.1, 0.15) is 0 Å². The number of halogens is 2. The van der Waals surface area contributed by atoms with Crippen molar-refractivity contribution in [2.24, 2.45) is 5.41 Å². The normalized spacial score (nSPS) is 16.6. The highest BCUT2D eigenvalue weighted by molar-refractivity contribution is 9.10. The van der Waals surface area contributed by atoms with E-state index in [-0.39, 0.29) is 5.41 Å². The Bertz CT molecular complexity index is 435. The summed E-state index contributed by atoms with van der Waals surface area (Å²) in [7, 11) is 0. The van der Waals surface area contributed by atoms with Gasteiger partial charge >= 0.3 is 0 Å². The minimum absolute atomic E-state index is 0.216. The summed E-state index contributed by atoms with van der Waals surface area (Å²) in [4.78, 5) is 0. The fourth-order valence-electron chi connectivity index (χ4n) is 1.68. The molecular formula is C12H12BrClN2. The van der Waals surface area contributed by atoms with Gasteiger partial charge in [-0.15, -0.1) is 0 Å². The van der Waals surface area contributed by atoms with Gasteiger partial charge in [-0.25, -0.2) is 0 Å². The number of nitriles is 1. The zero-order valence-corrected chi connectivity index (χ0v) is 11.1. The lowest BCUT2D eigenvalue weighted by Gasteiger charge is -2.14. The van der Waals surface area contributed by atoms with Crippen molar-refractivity contribution < 1.29 is 0 Å². The van der Waals surface area contributed by atoms with Crippen molar-refractivity contribution in [2.45, 2.75) is 19.3 Å². The highest BCUT2D eigenvalue weighted by Gasteiger charge is 2.42. The van der Waals surface area contributed by atoms with Crippen LogP contribution in [0.2, 0.25) is 5.02 Å². The van der Waals surface area contributed by atoms with Gasteiger partial charge in [-0.3, -0.25) is 0 Å². The van der Waals surface area contributed by atoms with Crippen LogP contribution in [0.25, 0.3) is 0 Å². The first kappa shape index (κ1) is 11.8. The number of benzene rings is 1. The number of nitrogens with one attached hydrogen (secondary N) is 1. The quantitative estimate of drug-likeness (QED) is 0.904. The van der Waals surface area contributed by atoms with Gasteiger partial charge in [-0.2, -0.15) is 5.26 Å². The number of nitrogens with zero attached hydrogens (tertiary/aromatic N) is 1. The van der Waals surface area contributed by atoms with Gasteiger partial charge in [0.2, 0.25) is 0 Å². The molecule has 0 amide bonds. The van der Waals surface area contributed by atoms with Crippen LogP contribution in [0.5, 0.6) is 0 Å². The van der Waals surface area contributed by atoms with E-state index in [9.17, 15) is 0 Å². The summed E-state index contributed by atoms with van der Waals surface area (Å²) < 4.78 is 0.966. The van der Waals surface area contributed by atoms with E-state index in [0.717, 1.165) is 34.6 Å². The molecule has 1 saturated carbocycles. The zero-order chi connectivity index (χ0) is 11.6. The molecule has 1 aliphatic carbocycles. The van der Waals surface area contributed by atoms with Crippen molar-refractivity contribution in [3.05, 3.63) is 27.7 Å². The van der Waals surface area contributed by atoms with Crippen LogP contribution in [0.4, 0.5) is 5.69 Å². The number of hydrogen-bond donors (Lipinski definition) is 1. The lowest BCUT2D eigenvalue weighted by Crippen LogP contribution is -2.15. The van der Waals surface area contributed by atoms with Crippen molar-refractivity contribution in [1.82, 2.24) is 0 Å². The molecule has 0 aromatic heterocycles. The Kier molecular flexibility index (Phi) is 3.41. The van der Waals surface area contributed by atoms with Gasteiger partial charge in [0.05, 0.1) is 6.07 Å². The molecule has 2 rings (SSSR count). The molecule has 0 heterocycles. The Labute approximate surface area is 109 Å².